The van der Waals surface area contributed by atoms with E-state index in [0.717, 1.165) is 45.5 Å². The van der Waals surface area contributed by atoms with Crippen LogP contribution in [0.5, 0.6) is 0 Å². The van der Waals surface area contributed by atoms with E-state index >= 15 is 0 Å². The van der Waals surface area contributed by atoms with Gasteiger partial charge >= 0.3 is 6.30 Å². The Labute approximate surface area is 304 Å². The van der Waals surface area contributed by atoms with Gasteiger partial charge in [-0.1, -0.05) is 36.4 Å². The van der Waals surface area contributed by atoms with Crippen LogP contribution in [0, 0.1) is 0 Å². The number of halogens is 3. The maximum Gasteiger partial charge on any atom is 0.504 e. The summed E-state index contributed by atoms with van der Waals surface area (Å²) in [4.78, 5) is 47.6. The molecule has 2 saturated heterocycles. The number of ether oxygens (including phenoxy) is 1. The number of anilines is 2. The average Bonchev–Trinajstić information content (AvgIpc) is 3.81. The van der Waals surface area contributed by atoms with Gasteiger partial charge in [0, 0.05) is 68.2 Å². The van der Waals surface area contributed by atoms with Gasteiger partial charge in [0.2, 0.25) is 0 Å². The molecule has 0 saturated carbocycles. The summed E-state index contributed by atoms with van der Waals surface area (Å²) in [6, 6.07) is 16.4. The van der Waals surface area contributed by atoms with E-state index in [9.17, 15) is 27.6 Å². The number of para-hydroxylation sites is 1. The predicted octanol–water partition coefficient (Wildman–Crippen LogP) is 3.74. The normalized spacial score (nSPS) is 20.2. The zero-order chi connectivity index (χ0) is 37.3. The first-order valence-corrected chi connectivity index (χ1v) is 17.5. The number of benzene rings is 2. The number of hydrogen-bond donors (Lipinski definition) is 2. The van der Waals surface area contributed by atoms with Crippen LogP contribution in [-0.2, 0) is 20.6 Å². The molecule has 2 aromatic carbocycles. The Hall–Kier alpha value is -5.32. The number of carbonyl (C=O) groups is 3. The molecule has 2 aromatic heterocycles. The first kappa shape index (κ1) is 36.1. The first-order chi connectivity index (χ1) is 25.5. The van der Waals surface area contributed by atoms with Crippen LogP contribution >= 0.6 is 0 Å². The van der Waals surface area contributed by atoms with Crippen molar-refractivity contribution in [1.82, 2.24) is 34.7 Å². The van der Waals surface area contributed by atoms with Crippen molar-refractivity contribution >= 4 is 29.2 Å². The first-order valence-electron chi connectivity index (χ1n) is 17.5. The number of alkyl halides is 3. The van der Waals surface area contributed by atoms with Crippen molar-refractivity contribution in [3.05, 3.63) is 102 Å². The molecule has 2 unspecified atom stereocenters. The van der Waals surface area contributed by atoms with Crippen molar-refractivity contribution in [1.29, 1.82) is 0 Å². The zero-order valence-electron chi connectivity index (χ0n) is 29.3. The van der Waals surface area contributed by atoms with E-state index < -0.39 is 35.8 Å². The Morgan fingerprint density at radius 1 is 1.02 bits per heavy atom. The number of likely N-dealkylation sites (N-methyl/N-ethyl adjacent to an activating group) is 1. The van der Waals surface area contributed by atoms with Gasteiger partial charge in [-0.15, -0.1) is 13.2 Å². The van der Waals surface area contributed by atoms with E-state index in [1.54, 1.807) is 48.1 Å². The lowest BCUT2D eigenvalue weighted by atomic mass is 9.82. The summed E-state index contributed by atoms with van der Waals surface area (Å²) >= 11 is 0. The monoisotopic (exact) mass is 731 g/mol. The Bertz CT molecular complexity index is 2000. The highest BCUT2D eigenvalue weighted by Crippen LogP contribution is 2.42. The number of carbonyl (C=O) groups excluding carboxylic acids is 3. The molecule has 0 bridgehead atoms. The van der Waals surface area contributed by atoms with Gasteiger partial charge in [-0.2, -0.15) is 14.9 Å². The molecule has 2 atom stereocenters. The SMILES string of the molecule is C/C=C(\CN1CCN(C2COC2)CC1)C(=O)Nc1cccc(C2c3cnn(-c4ccccc4)c3N(CC)C(=O)C2NC(=O)c2ccn(C(F)(F)F)n2)c1. The van der Waals surface area contributed by atoms with Crippen LogP contribution in [0.3, 0.4) is 0 Å². The molecule has 278 valence electrons. The second-order valence-corrected chi connectivity index (χ2v) is 13.2. The molecular weight excluding hydrogens is 691 g/mol. The van der Waals surface area contributed by atoms with E-state index in [1.807, 2.05) is 37.3 Å². The highest BCUT2D eigenvalue weighted by atomic mass is 19.4. The van der Waals surface area contributed by atoms with Crippen molar-refractivity contribution < 1.29 is 32.3 Å². The fourth-order valence-corrected chi connectivity index (χ4v) is 7.10. The largest absolute Gasteiger partial charge is 0.504 e. The molecule has 3 amide bonds. The maximum absolute atomic E-state index is 14.3. The smallest absolute Gasteiger partial charge is 0.378 e. The van der Waals surface area contributed by atoms with E-state index in [0.29, 0.717) is 52.7 Å². The van der Waals surface area contributed by atoms with Crippen LogP contribution in [-0.4, -0.2) is 112 Å². The number of rotatable bonds is 10. The van der Waals surface area contributed by atoms with E-state index in [4.69, 9.17) is 4.74 Å². The van der Waals surface area contributed by atoms with Crippen LogP contribution in [0.4, 0.5) is 24.7 Å². The maximum atomic E-state index is 14.3. The van der Waals surface area contributed by atoms with Gasteiger partial charge in [-0.05, 0) is 49.7 Å². The molecule has 2 fully saturated rings. The predicted molar refractivity (Wildman–Crippen MR) is 190 cm³/mol. The van der Waals surface area contributed by atoms with E-state index in [1.165, 1.54) is 4.90 Å². The van der Waals surface area contributed by atoms with Gasteiger partial charge in [0.25, 0.3) is 17.7 Å². The van der Waals surface area contributed by atoms with Gasteiger partial charge in [-0.25, -0.2) is 4.68 Å². The van der Waals surface area contributed by atoms with E-state index in [2.05, 4.69) is 30.6 Å². The lowest BCUT2D eigenvalue weighted by molar-refractivity contribution is -0.212. The van der Waals surface area contributed by atoms with Gasteiger partial charge in [0.1, 0.15) is 17.6 Å². The number of fused-ring (bicyclic) bond motifs is 1. The molecule has 0 aliphatic carbocycles. The van der Waals surface area contributed by atoms with Crippen molar-refractivity contribution in [2.24, 2.45) is 0 Å². The minimum Gasteiger partial charge on any atom is -0.378 e. The third-order valence-corrected chi connectivity index (χ3v) is 9.99. The van der Waals surface area contributed by atoms with Gasteiger partial charge in [0.15, 0.2) is 0 Å². The zero-order valence-corrected chi connectivity index (χ0v) is 29.3. The summed E-state index contributed by atoms with van der Waals surface area (Å²) in [5.41, 5.74) is 2.46. The third-order valence-electron chi connectivity index (χ3n) is 9.99. The fourth-order valence-electron chi connectivity index (χ4n) is 7.10. The van der Waals surface area contributed by atoms with Crippen molar-refractivity contribution in [3.8, 4) is 5.69 Å². The molecule has 13 nitrogen and oxygen atoms in total. The number of hydrogen-bond acceptors (Lipinski definition) is 8. The number of piperazine rings is 1. The van der Waals surface area contributed by atoms with Crippen molar-refractivity contribution in [3.63, 3.8) is 0 Å². The van der Waals surface area contributed by atoms with Crippen LogP contribution in [0.2, 0.25) is 0 Å². The summed E-state index contributed by atoms with van der Waals surface area (Å²) < 4.78 is 46.6. The van der Waals surface area contributed by atoms with Gasteiger partial charge < -0.3 is 15.4 Å². The summed E-state index contributed by atoms with van der Waals surface area (Å²) in [7, 11) is 0. The van der Waals surface area contributed by atoms with Crippen LogP contribution in [0.1, 0.15) is 41.4 Å². The average molecular weight is 732 g/mol. The molecule has 0 spiro atoms. The van der Waals surface area contributed by atoms with E-state index in [-0.39, 0.29) is 17.1 Å². The minimum atomic E-state index is -4.82. The molecule has 2 N–H and O–H groups in total. The fraction of sp³-hybridized carbons (Fsp3) is 0.378. The van der Waals surface area contributed by atoms with Crippen LogP contribution in [0.25, 0.3) is 5.69 Å². The molecule has 3 aliphatic heterocycles. The molecule has 7 rings (SSSR count). The Kier molecular flexibility index (Phi) is 10.2. The summed E-state index contributed by atoms with van der Waals surface area (Å²) in [6.07, 6.45) is -0.744. The highest BCUT2D eigenvalue weighted by molar-refractivity contribution is 6.05. The number of amides is 3. The summed E-state index contributed by atoms with van der Waals surface area (Å²) in [5.74, 6) is -2.03. The Morgan fingerprint density at radius 2 is 1.77 bits per heavy atom. The second kappa shape index (κ2) is 15.0. The lowest BCUT2D eigenvalue weighted by Gasteiger charge is -2.42. The molecule has 4 aromatic rings. The highest BCUT2D eigenvalue weighted by Gasteiger charge is 2.45. The minimum absolute atomic E-state index is 0.221. The molecule has 5 heterocycles. The van der Waals surface area contributed by atoms with Gasteiger partial charge in [0.05, 0.1) is 31.1 Å². The third kappa shape index (κ3) is 7.34. The Morgan fingerprint density at radius 3 is 2.42 bits per heavy atom. The quantitative estimate of drug-likeness (QED) is 0.236. The summed E-state index contributed by atoms with van der Waals surface area (Å²) in [6.45, 7) is 9.36. The van der Waals surface area contributed by atoms with Gasteiger partial charge in [-0.3, -0.25) is 29.1 Å². The number of nitrogens with one attached hydrogen (secondary N) is 2. The number of allylic oxidation sites excluding steroid dienone is 1. The number of aromatic nitrogens is 4. The summed E-state index contributed by atoms with van der Waals surface area (Å²) in [5, 5.41) is 13.7. The van der Waals surface area contributed by atoms with Crippen molar-refractivity contribution in [2.75, 3.05) is 62.7 Å². The van der Waals surface area contributed by atoms with Crippen LogP contribution < -0.4 is 15.5 Å². The molecule has 3 aliphatic rings. The lowest BCUT2D eigenvalue weighted by Crippen LogP contribution is -2.56. The molecule has 53 heavy (non-hydrogen) atoms. The Balaban J connectivity index is 1.17. The molecule has 0 radical (unpaired) electrons. The topological polar surface area (TPSA) is 130 Å². The van der Waals surface area contributed by atoms with Crippen LogP contribution in [0.15, 0.2) is 84.7 Å². The number of nitrogens with zero attached hydrogens (tertiary/aromatic N) is 7. The second-order valence-electron chi connectivity index (χ2n) is 13.2. The molecule has 16 heteroatoms. The van der Waals surface area contributed by atoms with Crippen molar-refractivity contribution in [2.45, 2.75) is 38.1 Å². The standard InChI is InChI=1S/C37H40F3N9O4/c1-3-24(21-45-15-17-46(18-16-45)28-22-53-23-28)33(50)42-26-10-8-9-25(19-26)31-29-20-41-49(27-11-6-5-7-12-27)35(29)47(4-2)36(52)32(31)43-34(51)30-13-14-48(44-30)37(38,39)40/h3,5-14,19-20,28,31-32H,4,15-18,21-23H2,1-2H3,(H,42,50)(H,43,51)/b24-3+. The molecular formula is C37H40F3N9O4.